The summed E-state index contributed by atoms with van der Waals surface area (Å²) in [5, 5.41) is 29.7. The Labute approximate surface area is 440 Å². The molecule has 4 aliphatic rings. The third kappa shape index (κ3) is 11.7. The summed E-state index contributed by atoms with van der Waals surface area (Å²) in [5.74, 6) is 2.89. The highest BCUT2D eigenvalue weighted by molar-refractivity contribution is 6.35. The van der Waals surface area contributed by atoms with E-state index in [0.29, 0.717) is 43.8 Å². The quantitative estimate of drug-likeness (QED) is 0.0937. The van der Waals surface area contributed by atoms with Crippen molar-refractivity contribution in [1.29, 1.82) is 0 Å². The Morgan fingerprint density at radius 2 is 1.01 bits per heavy atom. The van der Waals surface area contributed by atoms with Crippen LogP contribution in [0, 0.1) is 37.5 Å². The molecule has 2 N–H and O–H groups in total. The van der Waals surface area contributed by atoms with Gasteiger partial charge in [0.2, 0.25) is 0 Å². The van der Waals surface area contributed by atoms with Gasteiger partial charge >= 0.3 is 11.9 Å². The minimum atomic E-state index is -0.710. The number of aromatic nitrogens is 8. The topological polar surface area (TPSA) is 175 Å². The number of benzene rings is 2. The van der Waals surface area contributed by atoms with Crippen molar-refractivity contribution in [3.8, 4) is 0 Å². The van der Waals surface area contributed by atoms with Crippen molar-refractivity contribution in [1.82, 2.24) is 49.3 Å². The summed E-state index contributed by atoms with van der Waals surface area (Å²) in [6.07, 6.45) is 10.5. The molecule has 0 radical (unpaired) electrons. The van der Waals surface area contributed by atoms with E-state index in [0.717, 1.165) is 135 Å². The van der Waals surface area contributed by atoms with Crippen LogP contribution in [0.3, 0.4) is 0 Å². The highest BCUT2D eigenvalue weighted by Crippen LogP contribution is 2.37. The molecular weight excluding hydrogens is 998 g/mol. The van der Waals surface area contributed by atoms with Gasteiger partial charge in [0.15, 0.2) is 11.3 Å². The molecule has 384 valence electrons. The molecule has 0 aliphatic carbocycles. The fraction of sp³-hybridized carbons (Fsp3) is 0.538. The van der Waals surface area contributed by atoms with Gasteiger partial charge in [0.1, 0.15) is 22.7 Å². The summed E-state index contributed by atoms with van der Waals surface area (Å²) in [7, 11) is 0. The maximum Gasteiger partial charge on any atom is 0.303 e. The molecule has 4 atom stereocenters. The Morgan fingerprint density at radius 1 is 0.611 bits per heavy atom. The molecule has 72 heavy (non-hydrogen) atoms. The molecule has 4 aliphatic heterocycles. The number of fused-ring (bicyclic) bond motifs is 2. The lowest BCUT2D eigenvalue weighted by atomic mass is 9.80. The van der Waals surface area contributed by atoms with Crippen LogP contribution in [0.25, 0.3) is 22.3 Å². The Morgan fingerprint density at radius 3 is 1.39 bits per heavy atom. The van der Waals surface area contributed by atoms with Gasteiger partial charge in [0.05, 0.1) is 35.9 Å². The lowest BCUT2D eigenvalue weighted by molar-refractivity contribution is -0.138. The predicted octanol–water partition coefficient (Wildman–Crippen LogP) is 10.1. The molecule has 0 amide bonds. The standard InChI is InChI=1S/2C26H32Cl2N6O2/c2*1-16-25-26(34(31-16)17(2)21-8-7-20(27)11-22(21)28)30-23(12-29-25)33-14-19(15-33)18-5-3-9-32(13-18)10-4-6-24(35)36/h2*7-8,11-12,17-19H,3-6,9-10,13-15H2,1-2H3,(H,35,36)/t17-,18+;17-,18-/m11/s1. The second-order valence-corrected chi connectivity index (χ2v) is 22.0. The molecule has 6 aromatic rings. The van der Waals surface area contributed by atoms with Gasteiger partial charge in [-0.1, -0.05) is 58.5 Å². The Balaban J connectivity index is 0.000000178. The van der Waals surface area contributed by atoms with Crippen LogP contribution in [0.1, 0.15) is 99.8 Å². The molecular formula is C52H64Cl4N12O4. The van der Waals surface area contributed by atoms with Crippen molar-refractivity contribution in [2.24, 2.45) is 23.7 Å². The van der Waals surface area contributed by atoms with Crippen LogP contribution < -0.4 is 9.80 Å². The Bertz CT molecular complexity index is 2710. The number of hydrogen-bond donors (Lipinski definition) is 2. The Kier molecular flexibility index (Phi) is 16.4. The van der Waals surface area contributed by atoms with Gasteiger partial charge in [0.25, 0.3) is 0 Å². The van der Waals surface area contributed by atoms with Crippen molar-refractivity contribution in [3.63, 3.8) is 0 Å². The third-order valence-corrected chi connectivity index (χ3v) is 16.4. The molecule has 2 aromatic carbocycles. The maximum absolute atomic E-state index is 10.8. The zero-order valence-corrected chi connectivity index (χ0v) is 44.4. The number of carbonyl (C=O) groups is 2. The number of piperidine rings is 2. The molecule has 10 rings (SSSR count). The van der Waals surface area contributed by atoms with E-state index in [1.165, 1.54) is 25.7 Å². The van der Waals surface area contributed by atoms with Crippen LogP contribution in [-0.2, 0) is 9.59 Å². The average Bonchev–Trinajstić information content (AvgIpc) is 3.83. The molecule has 4 fully saturated rings. The van der Waals surface area contributed by atoms with E-state index in [2.05, 4.69) is 33.4 Å². The number of likely N-dealkylation sites (tertiary alicyclic amines) is 2. The van der Waals surface area contributed by atoms with Crippen LogP contribution in [0.4, 0.5) is 11.6 Å². The first-order valence-corrected chi connectivity index (χ1v) is 26.8. The number of rotatable bonds is 16. The molecule has 20 heteroatoms. The number of aliphatic carboxylic acids is 2. The normalized spacial score (nSPS) is 20.0. The minimum Gasteiger partial charge on any atom is -0.481 e. The van der Waals surface area contributed by atoms with E-state index in [-0.39, 0.29) is 24.9 Å². The third-order valence-electron chi connectivity index (χ3n) is 15.3. The van der Waals surface area contributed by atoms with Crippen molar-refractivity contribution in [3.05, 3.63) is 91.4 Å². The summed E-state index contributed by atoms with van der Waals surface area (Å²) in [4.78, 5) is 50.6. The summed E-state index contributed by atoms with van der Waals surface area (Å²) in [5.41, 5.74) is 6.68. The lowest BCUT2D eigenvalue weighted by Gasteiger charge is -2.47. The van der Waals surface area contributed by atoms with Crippen molar-refractivity contribution in [2.45, 2.75) is 91.1 Å². The average molecular weight is 1060 g/mol. The number of nitrogens with zero attached hydrogens (tertiary/aromatic N) is 12. The molecule has 8 heterocycles. The van der Waals surface area contributed by atoms with E-state index in [1.54, 1.807) is 12.1 Å². The van der Waals surface area contributed by atoms with Crippen molar-refractivity contribution in [2.75, 3.05) is 75.2 Å². The SMILES string of the molecule is Cc1nn([C@H](C)c2ccc(Cl)cc2Cl)c2nc(N3CC([C@@H]4CCCN(CCCC(=O)O)C4)C3)cnc12.Cc1nn([C@H](C)c2ccc(Cl)cc2Cl)c2nc(N3CC([C@H]4CCCN(CCCC(=O)O)C4)C3)cnc12. The van der Waals surface area contributed by atoms with E-state index < -0.39 is 11.9 Å². The summed E-state index contributed by atoms with van der Waals surface area (Å²) in [6.45, 7) is 17.9. The molecule has 4 aromatic heterocycles. The van der Waals surface area contributed by atoms with Gasteiger partial charge in [-0.3, -0.25) is 9.59 Å². The molecule has 0 saturated carbocycles. The van der Waals surface area contributed by atoms with E-state index in [9.17, 15) is 9.59 Å². The maximum atomic E-state index is 10.8. The van der Waals surface area contributed by atoms with Crippen LogP contribution in [0.2, 0.25) is 20.1 Å². The zero-order chi connectivity index (χ0) is 50.8. The second-order valence-electron chi connectivity index (χ2n) is 20.3. The summed E-state index contributed by atoms with van der Waals surface area (Å²) >= 11 is 25.2. The van der Waals surface area contributed by atoms with Gasteiger partial charge < -0.3 is 29.8 Å². The van der Waals surface area contributed by atoms with Crippen LogP contribution in [0.5, 0.6) is 0 Å². The highest BCUT2D eigenvalue weighted by atomic mass is 35.5. The number of carboxylic acid groups (broad SMARTS) is 2. The highest BCUT2D eigenvalue weighted by Gasteiger charge is 2.38. The molecule has 16 nitrogen and oxygen atoms in total. The minimum absolute atomic E-state index is 0.117. The molecule has 0 bridgehead atoms. The summed E-state index contributed by atoms with van der Waals surface area (Å²) in [6, 6.07) is 10.8. The number of anilines is 2. The van der Waals surface area contributed by atoms with Gasteiger partial charge in [-0.15, -0.1) is 0 Å². The first-order chi connectivity index (χ1) is 34.6. The number of halogens is 4. The smallest absolute Gasteiger partial charge is 0.303 e. The largest absolute Gasteiger partial charge is 0.481 e. The van der Waals surface area contributed by atoms with Crippen LogP contribution >= 0.6 is 46.4 Å². The number of carboxylic acids is 2. The fourth-order valence-corrected chi connectivity index (χ4v) is 12.3. The molecule has 0 unspecified atom stereocenters. The number of aryl methyl sites for hydroxylation is 2. The first-order valence-electron chi connectivity index (χ1n) is 25.3. The molecule has 0 spiro atoms. The monoisotopic (exact) mass is 1060 g/mol. The summed E-state index contributed by atoms with van der Waals surface area (Å²) < 4.78 is 3.81. The predicted molar refractivity (Wildman–Crippen MR) is 284 cm³/mol. The van der Waals surface area contributed by atoms with Crippen molar-refractivity contribution < 1.29 is 19.8 Å². The van der Waals surface area contributed by atoms with E-state index in [1.807, 2.05) is 59.9 Å². The fourth-order valence-electron chi connectivity index (χ4n) is 11.1. The molecule has 4 saturated heterocycles. The lowest BCUT2D eigenvalue weighted by Crippen LogP contribution is -2.54. The van der Waals surface area contributed by atoms with Crippen LogP contribution in [-0.4, -0.2) is 137 Å². The zero-order valence-electron chi connectivity index (χ0n) is 41.4. The Hall–Kier alpha value is -4.84. The van der Waals surface area contributed by atoms with E-state index in [4.69, 9.17) is 86.8 Å². The number of hydrogen-bond acceptors (Lipinski definition) is 12. The van der Waals surface area contributed by atoms with Gasteiger partial charge in [-0.05, 0) is 151 Å². The van der Waals surface area contributed by atoms with Gasteiger partial charge in [0, 0.05) is 72.2 Å². The van der Waals surface area contributed by atoms with Gasteiger partial charge in [-0.25, -0.2) is 29.3 Å². The van der Waals surface area contributed by atoms with E-state index >= 15 is 0 Å². The van der Waals surface area contributed by atoms with Gasteiger partial charge in [-0.2, -0.15) is 10.2 Å². The first kappa shape index (κ1) is 52.0. The van der Waals surface area contributed by atoms with Crippen molar-refractivity contribution >= 4 is 92.3 Å². The van der Waals surface area contributed by atoms with Crippen LogP contribution in [0.15, 0.2) is 48.8 Å². The second kappa shape index (κ2) is 22.7.